The molecule has 0 bridgehead atoms. The van der Waals surface area contributed by atoms with Crippen LogP contribution in [-0.2, 0) is 18.5 Å². The Balaban J connectivity index is 1.92. The first-order chi connectivity index (χ1) is 13.1. The summed E-state index contributed by atoms with van der Waals surface area (Å²) >= 11 is 0. The second-order valence-corrected chi connectivity index (χ2v) is 8.32. The largest absolute Gasteiger partial charge is 0.252 e. The lowest BCUT2D eigenvalue weighted by Gasteiger charge is -2.30. The van der Waals surface area contributed by atoms with Gasteiger partial charge in [-0.3, -0.25) is 9.36 Å². The third-order valence-corrected chi connectivity index (χ3v) is 4.38. The first-order valence-corrected chi connectivity index (χ1v) is 9.02. The SMILES string of the molecule is CC(C)(C)/C=C/c1cn(CC(C)(Cn2cncn2)c2ccc(F)cc2F)nn1. The van der Waals surface area contributed by atoms with E-state index in [0.717, 1.165) is 11.8 Å². The summed E-state index contributed by atoms with van der Waals surface area (Å²) in [5, 5.41) is 12.5. The molecule has 3 rings (SSSR count). The van der Waals surface area contributed by atoms with Crippen molar-refractivity contribution in [1.29, 1.82) is 0 Å². The van der Waals surface area contributed by atoms with Gasteiger partial charge in [-0.15, -0.1) is 5.10 Å². The Labute approximate surface area is 162 Å². The van der Waals surface area contributed by atoms with E-state index >= 15 is 0 Å². The summed E-state index contributed by atoms with van der Waals surface area (Å²) in [6, 6.07) is 3.63. The topological polar surface area (TPSA) is 61.4 Å². The molecule has 0 saturated heterocycles. The van der Waals surface area contributed by atoms with Crippen LogP contribution in [0.25, 0.3) is 6.08 Å². The smallest absolute Gasteiger partial charge is 0.137 e. The van der Waals surface area contributed by atoms with Crippen LogP contribution in [0, 0.1) is 17.0 Å². The molecule has 6 nitrogen and oxygen atoms in total. The third-order valence-electron chi connectivity index (χ3n) is 4.38. The van der Waals surface area contributed by atoms with Crippen LogP contribution in [-0.4, -0.2) is 29.8 Å². The second-order valence-electron chi connectivity index (χ2n) is 8.32. The van der Waals surface area contributed by atoms with Crippen LogP contribution in [0.5, 0.6) is 0 Å². The number of hydrogen-bond acceptors (Lipinski definition) is 4. The number of aromatic nitrogens is 6. The standard InChI is InChI=1S/C20H24F2N6/c1-19(2,3)8-7-16-10-27(26-25-16)11-20(4,12-28-14-23-13-24-28)17-6-5-15(21)9-18(17)22/h5-10,13-14H,11-12H2,1-4H3/b8-7+. The summed E-state index contributed by atoms with van der Waals surface area (Å²) in [4.78, 5) is 3.95. The highest BCUT2D eigenvalue weighted by molar-refractivity contribution is 5.43. The van der Waals surface area contributed by atoms with E-state index < -0.39 is 17.0 Å². The lowest BCUT2D eigenvalue weighted by atomic mass is 9.81. The zero-order valence-corrected chi connectivity index (χ0v) is 16.5. The molecule has 0 radical (unpaired) electrons. The Morgan fingerprint density at radius 1 is 1.07 bits per heavy atom. The average Bonchev–Trinajstić information content (AvgIpc) is 3.24. The summed E-state index contributed by atoms with van der Waals surface area (Å²) in [5.41, 5.74) is 0.386. The van der Waals surface area contributed by atoms with E-state index in [0.29, 0.717) is 18.7 Å². The first kappa shape index (κ1) is 19.9. The number of rotatable bonds is 6. The van der Waals surface area contributed by atoms with Crippen molar-refractivity contribution in [3.05, 3.63) is 66.0 Å². The van der Waals surface area contributed by atoms with Crippen LogP contribution in [0.1, 0.15) is 39.0 Å². The van der Waals surface area contributed by atoms with Gasteiger partial charge in [0.05, 0.1) is 19.3 Å². The molecule has 1 atom stereocenters. The van der Waals surface area contributed by atoms with Crippen molar-refractivity contribution in [2.45, 2.75) is 46.2 Å². The van der Waals surface area contributed by atoms with Crippen molar-refractivity contribution in [3.8, 4) is 0 Å². The van der Waals surface area contributed by atoms with Crippen LogP contribution < -0.4 is 0 Å². The summed E-state index contributed by atoms with van der Waals surface area (Å²) in [5.74, 6) is -1.21. The molecule has 148 valence electrons. The van der Waals surface area contributed by atoms with E-state index in [1.165, 1.54) is 18.5 Å². The molecule has 1 unspecified atom stereocenters. The molecule has 0 N–H and O–H groups in total. The van der Waals surface area contributed by atoms with Gasteiger partial charge < -0.3 is 0 Å². The predicted molar refractivity (Wildman–Crippen MR) is 102 cm³/mol. The zero-order chi connectivity index (χ0) is 20.4. The monoisotopic (exact) mass is 386 g/mol. The van der Waals surface area contributed by atoms with Gasteiger partial charge in [0, 0.05) is 11.5 Å². The Hall–Kier alpha value is -2.90. The van der Waals surface area contributed by atoms with Gasteiger partial charge in [-0.1, -0.05) is 45.1 Å². The van der Waals surface area contributed by atoms with Gasteiger partial charge in [-0.2, -0.15) is 5.10 Å². The highest BCUT2D eigenvalue weighted by Gasteiger charge is 2.32. The minimum absolute atomic E-state index is 0.0304. The molecule has 28 heavy (non-hydrogen) atoms. The minimum atomic E-state index is -0.746. The molecule has 0 aliphatic heterocycles. The van der Waals surface area contributed by atoms with E-state index in [4.69, 9.17) is 0 Å². The lowest BCUT2D eigenvalue weighted by Crippen LogP contribution is -2.35. The minimum Gasteiger partial charge on any atom is -0.252 e. The van der Waals surface area contributed by atoms with Gasteiger partial charge in [0.1, 0.15) is 30.0 Å². The van der Waals surface area contributed by atoms with E-state index in [1.807, 2.05) is 19.2 Å². The van der Waals surface area contributed by atoms with Gasteiger partial charge in [0.15, 0.2) is 0 Å². The first-order valence-electron chi connectivity index (χ1n) is 9.02. The fourth-order valence-electron chi connectivity index (χ4n) is 3.03. The van der Waals surface area contributed by atoms with Crippen molar-refractivity contribution >= 4 is 6.08 Å². The van der Waals surface area contributed by atoms with Crippen LogP contribution in [0.15, 0.2) is 43.1 Å². The molecule has 0 fully saturated rings. The Morgan fingerprint density at radius 2 is 1.82 bits per heavy atom. The summed E-state index contributed by atoms with van der Waals surface area (Å²) < 4.78 is 31.3. The van der Waals surface area contributed by atoms with E-state index in [9.17, 15) is 8.78 Å². The molecule has 0 spiro atoms. The number of hydrogen-bond donors (Lipinski definition) is 0. The Morgan fingerprint density at radius 3 is 2.46 bits per heavy atom. The van der Waals surface area contributed by atoms with E-state index in [-0.39, 0.29) is 5.41 Å². The molecule has 0 aliphatic rings. The van der Waals surface area contributed by atoms with Crippen molar-refractivity contribution in [1.82, 2.24) is 29.8 Å². The van der Waals surface area contributed by atoms with Crippen LogP contribution in [0.4, 0.5) is 8.78 Å². The highest BCUT2D eigenvalue weighted by atomic mass is 19.1. The number of allylic oxidation sites excluding steroid dienone is 1. The molecular formula is C20H24F2N6. The van der Waals surface area contributed by atoms with Crippen LogP contribution >= 0.6 is 0 Å². The van der Waals surface area contributed by atoms with Gasteiger partial charge in [0.25, 0.3) is 0 Å². The Bertz CT molecular complexity index is 955. The number of nitrogens with zero attached hydrogens (tertiary/aromatic N) is 6. The summed E-state index contributed by atoms with van der Waals surface area (Å²) in [6.07, 6.45) is 8.76. The Kier molecular flexibility index (Phi) is 5.40. The number of benzene rings is 1. The maximum atomic E-state index is 14.6. The molecule has 1 aromatic carbocycles. The van der Waals surface area contributed by atoms with Gasteiger partial charge in [0.2, 0.25) is 0 Å². The third kappa shape index (κ3) is 4.88. The molecule has 2 heterocycles. The van der Waals surface area contributed by atoms with Crippen LogP contribution in [0.3, 0.4) is 0 Å². The average molecular weight is 386 g/mol. The lowest BCUT2D eigenvalue weighted by molar-refractivity contribution is 0.299. The van der Waals surface area contributed by atoms with Crippen molar-refractivity contribution in [2.75, 3.05) is 0 Å². The van der Waals surface area contributed by atoms with Crippen LogP contribution in [0.2, 0.25) is 0 Å². The van der Waals surface area contributed by atoms with Crippen molar-refractivity contribution in [3.63, 3.8) is 0 Å². The summed E-state index contributed by atoms with van der Waals surface area (Å²) in [6.45, 7) is 8.87. The predicted octanol–water partition coefficient (Wildman–Crippen LogP) is 3.87. The van der Waals surface area contributed by atoms with Crippen molar-refractivity contribution < 1.29 is 8.78 Å². The molecule has 0 amide bonds. The molecule has 8 heteroatoms. The maximum absolute atomic E-state index is 14.6. The zero-order valence-electron chi connectivity index (χ0n) is 16.5. The summed E-state index contributed by atoms with van der Waals surface area (Å²) in [7, 11) is 0. The normalized spacial score (nSPS) is 14.5. The number of halogens is 2. The van der Waals surface area contributed by atoms with Gasteiger partial charge in [-0.05, 0) is 23.1 Å². The fourth-order valence-corrected chi connectivity index (χ4v) is 3.03. The molecule has 2 aromatic heterocycles. The molecular weight excluding hydrogens is 362 g/mol. The molecule has 0 aliphatic carbocycles. The van der Waals surface area contributed by atoms with E-state index in [2.05, 4.69) is 47.2 Å². The highest BCUT2D eigenvalue weighted by Crippen LogP contribution is 2.30. The van der Waals surface area contributed by atoms with Gasteiger partial charge >= 0.3 is 0 Å². The second kappa shape index (κ2) is 7.61. The fraction of sp³-hybridized carbons (Fsp3) is 0.400. The van der Waals surface area contributed by atoms with Gasteiger partial charge in [-0.25, -0.2) is 13.8 Å². The maximum Gasteiger partial charge on any atom is 0.137 e. The molecule has 0 saturated carbocycles. The van der Waals surface area contributed by atoms with Crippen molar-refractivity contribution in [2.24, 2.45) is 5.41 Å². The molecule has 3 aromatic rings. The quantitative estimate of drug-likeness (QED) is 0.645. The van der Waals surface area contributed by atoms with E-state index in [1.54, 1.807) is 15.7 Å².